The Bertz CT molecular complexity index is 1700. The van der Waals surface area contributed by atoms with E-state index in [1.54, 1.807) is 23.1 Å². The van der Waals surface area contributed by atoms with Gasteiger partial charge in [0.1, 0.15) is 5.01 Å². The highest BCUT2D eigenvalue weighted by Gasteiger charge is 2.26. The summed E-state index contributed by atoms with van der Waals surface area (Å²) in [6, 6.07) is 38.2. The first-order valence-corrected chi connectivity index (χ1v) is 15.1. The van der Waals surface area contributed by atoms with Gasteiger partial charge in [-0.3, -0.25) is 0 Å². The summed E-state index contributed by atoms with van der Waals surface area (Å²) in [5.74, 6) is 0. The van der Waals surface area contributed by atoms with Crippen LogP contribution < -0.4 is 10.2 Å². The fraction of sp³-hybridized carbons (Fsp3) is 0.0571. The number of nitrogens with one attached hydrogen (secondary N) is 1. The highest BCUT2D eigenvalue weighted by molar-refractivity contribution is 8.03. The molecule has 1 aliphatic carbocycles. The smallest absolute Gasteiger partial charge is 0.117 e. The molecule has 0 radical (unpaired) electrons. The lowest BCUT2D eigenvalue weighted by atomic mass is 10.1. The van der Waals surface area contributed by atoms with E-state index >= 15 is 0 Å². The van der Waals surface area contributed by atoms with Crippen LogP contribution in [0.15, 0.2) is 154 Å². The molecule has 1 N–H and O–H groups in total. The van der Waals surface area contributed by atoms with Gasteiger partial charge in [-0.1, -0.05) is 84.6 Å². The summed E-state index contributed by atoms with van der Waals surface area (Å²) in [7, 11) is 0. The summed E-state index contributed by atoms with van der Waals surface area (Å²) in [6.07, 6.45) is 10.9. The number of fused-ring (bicyclic) bond motifs is 2. The number of allylic oxidation sites excluding steroid dienone is 5. The molecule has 0 spiro atoms. The fourth-order valence-electron chi connectivity index (χ4n) is 5.21. The van der Waals surface area contributed by atoms with E-state index in [0.717, 1.165) is 39.8 Å². The monoisotopic (exact) mass is 553 g/mol. The number of nitrogens with zero attached hydrogens (tertiary/aromatic N) is 2. The number of para-hydroxylation sites is 4. The van der Waals surface area contributed by atoms with Crippen LogP contribution in [0.2, 0.25) is 0 Å². The van der Waals surface area contributed by atoms with Crippen LogP contribution in [0.25, 0.3) is 16.3 Å². The van der Waals surface area contributed by atoms with Crippen LogP contribution >= 0.6 is 23.1 Å². The van der Waals surface area contributed by atoms with Gasteiger partial charge < -0.3 is 10.2 Å². The maximum absolute atomic E-state index is 4.85. The molecule has 194 valence electrons. The van der Waals surface area contributed by atoms with Crippen molar-refractivity contribution in [2.45, 2.75) is 17.7 Å². The molecule has 0 saturated carbocycles. The predicted molar refractivity (Wildman–Crippen MR) is 172 cm³/mol. The first kappa shape index (κ1) is 24.7. The number of thiazole rings is 1. The lowest BCUT2D eigenvalue weighted by molar-refractivity contribution is 1.03. The zero-order chi connectivity index (χ0) is 26.7. The molecule has 5 heteroatoms. The third kappa shape index (κ3) is 5.02. The van der Waals surface area contributed by atoms with Crippen molar-refractivity contribution in [3.63, 3.8) is 0 Å². The predicted octanol–water partition coefficient (Wildman–Crippen LogP) is 10.2. The molecular formula is C35H27N3S2. The minimum absolute atomic E-state index is 0.975. The molecule has 0 saturated heterocycles. The van der Waals surface area contributed by atoms with E-state index in [1.807, 2.05) is 6.07 Å². The number of hydrogen-bond donors (Lipinski definition) is 1. The van der Waals surface area contributed by atoms with Crippen molar-refractivity contribution in [1.82, 2.24) is 4.98 Å². The van der Waals surface area contributed by atoms with Crippen LogP contribution in [0.1, 0.15) is 17.8 Å². The van der Waals surface area contributed by atoms with Crippen molar-refractivity contribution in [3.05, 3.63) is 154 Å². The standard InChI is InChI=1S/C35H27N3S2/c1-3-11-27(12-4-1)38(28-13-5-2-6-14-28)35-25(21-23-33-36-29-15-7-9-17-31(29)39-33)19-20-26(35)22-24-34-37-30-16-8-10-18-32(30)40-34/h1-18,21-24,36H,19-20H2/b24-22+,25-21-,33-23+. The van der Waals surface area contributed by atoms with E-state index in [1.165, 1.54) is 32.1 Å². The number of benzene rings is 4. The average Bonchev–Trinajstić information content (AvgIpc) is 3.72. The van der Waals surface area contributed by atoms with Crippen molar-refractivity contribution in [2.24, 2.45) is 0 Å². The van der Waals surface area contributed by atoms with Gasteiger partial charge in [0, 0.05) is 16.3 Å². The van der Waals surface area contributed by atoms with Gasteiger partial charge in [0.2, 0.25) is 0 Å². The summed E-state index contributed by atoms with van der Waals surface area (Å²) in [4.78, 5) is 8.52. The van der Waals surface area contributed by atoms with E-state index in [9.17, 15) is 0 Å². The molecule has 40 heavy (non-hydrogen) atoms. The van der Waals surface area contributed by atoms with Crippen LogP contribution in [0.3, 0.4) is 0 Å². The fourth-order valence-corrected chi connectivity index (χ4v) is 6.99. The maximum Gasteiger partial charge on any atom is 0.117 e. The Balaban J connectivity index is 1.32. The minimum atomic E-state index is 0.975. The summed E-state index contributed by atoms with van der Waals surface area (Å²) >= 11 is 3.52. The van der Waals surface area contributed by atoms with Gasteiger partial charge in [0.25, 0.3) is 0 Å². The lowest BCUT2D eigenvalue weighted by Gasteiger charge is -2.28. The van der Waals surface area contributed by atoms with Gasteiger partial charge in [-0.25, -0.2) is 4.98 Å². The zero-order valence-corrected chi connectivity index (χ0v) is 23.5. The number of rotatable bonds is 6. The Morgan fingerprint density at radius 2 is 1.40 bits per heavy atom. The van der Waals surface area contributed by atoms with Gasteiger partial charge in [-0.15, -0.1) is 11.3 Å². The zero-order valence-electron chi connectivity index (χ0n) is 21.8. The lowest BCUT2D eigenvalue weighted by Crippen LogP contribution is -2.17. The first-order chi connectivity index (χ1) is 19.8. The van der Waals surface area contributed by atoms with Crippen molar-refractivity contribution in [3.8, 4) is 0 Å². The number of hydrogen-bond acceptors (Lipinski definition) is 5. The Hall–Kier alpha value is -4.32. The molecule has 1 aromatic heterocycles. The average molecular weight is 554 g/mol. The number of aromatic nitrogens is 1. The molecule has 1 aliphatic heterocycles. The van der Waals surface area contributed by atoms with Crippen LogP contribution in [-0.4, -0.2) is 4.98 Å². The number of anilines is 3. The van der Waals surface area contributed by atoms with Gasteiger partial charge >= 0.3 is 0 Å². The van der Waals surface area contributed by atoms with Crippen LogP contribution in [0.4, 0.5) is 17.1 Å². The molecular weight excluding hydrogens is 527 g/mol. The van der Waals surface area contributed by atoms with Crippen molar-refractivity contribution >= 4 is 56.5 Å². The van der Waals surface area contributed by atoms with E-state index in [-0.39, 0.29) is 0 Å². The van der Waals surface area contributed by atoms with E-state index in [2.05, 4.69) is 138 Å². The summed E-state index contributed by atoms with van der Waals surface area (Å²) < 4.78 is 1.22. The Kier molecular flexibility index (Phi) is 6.82. The molecule has 0 unspecified atom stereocenters. The molecule has 2 aliphatic rings. The second kappa shape index (κ2) is 11.0. The molecule has 4 aromatic carbocycles. The number of thioether (sulfide) groups is 1. The van der Waals surface area contributed by atoms with Gasteiger partial charge in [-0.05, 0) is 84.7 Å². The van der Waals surface area contributed by atoms with Crippen LogP contribution in [0.5, 0.6) is 0 Å². The van der Waals surface area contributed by atoms with Crippen molar-refractivity contribution < 1.29 is 0 Å². The molecule has 0 amide bonds. The van der Waals surface area contributed by atoms with Gasteiger partial charge in [-0.2, -0.15) is 0 Å². The largest absolute Gasteiger partial charge is 0.349 e. The molecule has 0 atom stereocenters. The SMILES string of the molecule is C(/C=C1\Nc2ccccc2S1)=C1\CCC(/C=C/c2nc3ccccc3s2)=C1N(c1ccccc1)c1ccccc1. The molecule has 7 rings (SSSR count). The second-order valence-corrected chi connectivity index (χ2v) is 11.8. The third-order valence-electron chi connectivity index (χ3n) is 7.06. The van der Waals surface area contributed by atoms with Crippen LogP contribution in [-0.2, 0) is 0 Å². The first-order valence-electron chi connectivity index (χ1n) is 13.4. The highest BCUT2D eigenvalue weighted by atomic mass is 32.2. The third-order valence-corrected chi connectivity index (χ3v) is 9.10. The minimum Gasteiger partial charge on any atom is -0.349 e. The molecule has 2 heterocycles. The molecule has 5 aromatic rings. The van der Waals surface area contributed by atoms with Crippen molar-refractivity contribution in [2.75, 3.05) is 10.2 Å². The normalized spacial score (nSPS) is 16.8. The summed E-state index contributed by atoms with van der Waals surface area (Å²) in [6.45, 7) is 0. The Morgan fingerprint density at radius 3 is 2.15 bits per heavy atom. The molecule has 3 nitrogen and oxygen atoms in total. The maximum atomic E-state index is 4.85. The van der Waals surface area contributed by atoms with Crippen molar-refractivity contribution in [1.29, 1.82) is 0 Å². The van der Waals surface area contributed by atoms with E-state index in [4.69, 9.17) is 4.98 Å². The van der Waals surface area contributed by atoms with Crippen LogP contribution in [0, 0.1) is 0 Å². The molecule has 0 fully saturated rings. The Morgan fingerprint density at radius 1 is 0.700 bits per heavy atom. The van der Waals surface area contributed by atoms with E-state index < -0.39 is 0 Å². The van der Waals surface area contributed by atoms with Gasteiger partial charge in [0.15, 0.2) is 0 Å². The highest BCUT2D eigenvalue weighted by Crippen LogP contribution is 2.43. The summed E-state index contributed by atoms with van der Waals surface area (Å²) in [5.41, 5.74) is 8.40. The summed E-state index contributed by atoms with van der Waals surface area (Å²) in [5, 5.41) is 5.75. The molecule has 0 bridgehead atoms. The van der Waals surface area contributed by atoms with Gasteiger partial charge in [0.05, 0.1) is 26.6 Å². The second-order valence-electron chi connectivity index (χ2n) is 9.68. The topological polar surface area (TPSA) is 28.2 Å². The van der Waals surface area contributed by atoms with E-state index in [0.29, 0.717) is 0 Å². The Labute approximate surface area is 242 Å². The quantitative estimate of drug-likeness (QED) is 0.226.